The van der Waals surface area contributed by atoms with Crippen molar-refractivity contribution in [1.82, 2.24) is 5.32 Å². The summed E-state index contributed by atoms with van der Waals surface area (Å²) in [6, 6.07) is 0. The first-order chi connectivity index (χ1) is 6.56. The van der Waals surface area contributed by atoms with Crippen LogP contribution >= 0.6 is 0 Å². The van der Waals surface area contributed by atoms with Crippen molar-refractivity contribution in [3.05, 3.63) is 0 Å². The van der Waals surface area contributed by atoms with Gasteiger partial charge in [0.25, 0.3) is 0 Å². The van der Waals surface area contributed by atoms with E-state index in [9.17, 15) is 14.7 Å². The van der Waals surface area contributed by atoms with Crippen LogP contribution in [0.4, 0.5) is 0 Å². The Bertz CT molecular complexity index is 192. The van der Waals surface area contributed by atoms with Crippen LogP contribution in [0.3, 0.4) is 0 Å². The molecule has 82 valence electrons. The molecule has 0 aromatic heterocycles. The molecule has 0 bridgehead atoms. The van der Waals surface area contributed by atoms with Gasteiger partial charge in [0, 0.05) is 6.54 Å². The Morgan fingerprint density at radius 1 is 1.43 bits per heavy atom. The molecule has 0 spiro atoms. The highest BCUT2D eigenvalue weighted by atomic mass is 16.3. The van der Waals surface area contributed by atoms with Crippen LogP contribution in [0, 0.1) is 0 Å². The summed E-state index contributed by atoms with van der Waals surface area (Å²) in [6.45, 7) is 3.65. The summed E-state index contributed by atoms with van der Waals surface area (Å²) in [7, 11) is 0. The van der Waals surface area contributed by atoms with Crippen molar-refractivity contribution in [2.24, 2.45) is 0 Å². The molecule has 1 unspecified atom stereocenters. The van der Waals surface area contributed by atoms with E-state index in [1.165, 1.54) is 6.92 Å². The van der Waals surface area contributed by atoms with Gasteiger partial charge in [-0.15, -0.1) is 0 Å². The summed E-state index contributed by atoms with van der Waals surface area (Å²) in [6.07, 6.45) is 2.07. The average molecular weight is 201 g/mol. The Hall–Kier alpha value is -0.900. The SMILES string of the molecule is CCCCC(O)CNC(=O)CC(C)=O. The van der Waals surface area contributed by atoms with E-state index in [0.29, 0.717) is 6.42 Å². The monoisotopic (exact) mass is 201 g/mol. The quantitative estimate of drug-likeness (QED) is 0.594. The number of aliphatic hydroxyl groups excluding tert-OH is 1. The minimum Gasteiger partial charge on any atom is -0.391 e. The number of carbonyl (C=O) groups is 2. The zero-order valence-corrected chi connectivity index (χ0v) is 8.88. The molecule has 0 aromatic rings. The predicted octanol–water partition coefficient (Wildman–Crippen LogP) is 0.633. The van der Waals surface area contributed by atoms with Gasteiger partial charge in [-0.3, -0.25) is 9.59 Å². The number of hydrogen-bond acceptors (Lipinski definition) is 3. The molecule has 2 N–H and O–H groups in total. The largest absolute Gasteiger partial charge is 0.391 e. The molecule has 0 saturated carbocycles. The van der Waals surface area contributed by atoms with Gasteiger partial charge in [0.2, 0.25) is 5.91 Å². The fourth-order valence-corrected chi connectivity index (χ4v) is 1.06. The first kappa shape index (κ1) is 13.1. The second-order valence-corrected chi connectivity index (χ2v) is 3.48. The molecule has 0 aliphatic rings. The zero-order valence-electron chi connectivity index (χ0n) is 8.88. The summed E-state index contributed by atoms with van der Waals surface area (Å²) in [5.41, 5.74) is 0. The number of aliphatic hydroxyl groups is 1. The van der Waals surface area contributed by atoms with Crippen molar-refractivity contribution >= 4 is 11.7 Å². The van der Waals surface area contributed by atoms with E-state index < -0.39 is 6.10 Å². The standard InChI is InChI=1S/C10H19NO3/c1-3-4-5-9(13)7-11-10(14)6-8(2)12/h9,13H,3-7H2,1-2H3,(H,11,14). The molecule has 0 rings (SSSR count). The molecule has 1 amide bonds. The number of amides is 1. The highest BCUT2D eigenvalue weighted by Gasteiger charge is 2.07. The highest BCUT2D eigenvalue weighted by molar-refractivity contribution is 5.96. The first-order valence-electron chi connectivity index (χ1n) is 5.00. The van der Waals surface area contributed by atoms with E-state index in [0.717, 1.165) is 12.8 Å². The van der Waals surface area contributed by atoms with Crippen LogP contribution in [-0.2, 0) is 9.59 Å². The van der Waals surface area contributed by atoms with Crippen LogP contribution in [0.5, 0.6) is 0 Å². The minimum atomic E-state index is -0.495. The lowest BCUT2D eigenvalue weighted by Gasteiger charge is -2.10. The van der Waals surface area contributed by atoms with Gasteiger partial charge < -0.3 is 10.4 Å². The van der Waals surface area contributed by atoms with Gasteiger partial charge >= 0.3 is 0 Å². The summed E-state index contributed by atoms with van der Waals surface area (Å²) in [4.78, 5) is 21.5. The van der Waals surface area contributed by atoms with Crippen LogP contribution in [0.25, 0.3) is 0 Å². The Kier molecular flexibility index (Phi) is 7.02. The van der Waals surface area contributed by atoms with E-state index in [1.807, 2.05) is 6.92 Å². The molecule has 0 heterocycles. The van der Waals surface area contributed by atoms with Crippen molar-refractivity contribution in [3.8, 4) is 0 Å². The molecule has 14 heavy (non-hydrogen) atoms. The smallest absolute Gasteiger partial charge is 0.227 e. The predicted molar refractivity (Wildman–Crippen MR) is 53.8 cm³/mol. The van der Waals surface area contributed by atoms with E-state index in [2.05, 4.69) is 5.32 Å². The molecule has 0 radical (unpaired) electrons. The summed E-state index contributed by atoms with van der Waals surface area (Å²) < 4.78 is 0. The lowest BCUT2D eigenvalue weighted by molar-refractivity contribution is -0.127. The fraction of sp³-hybridized carbons (Fsp3) is 0.800. The Labute approximate surface area is 84.7 Å². The lowest BCUT2D eigenvalue weighted by Crippen LogP contribution is -2.32. The Morgan fingerprint density at radius 2 is 2.07 bits per heavy atom. The van der Waals surface area contributed by atoms with Crippen molar-refractivity contribution in [2.45, 2.75) is 45.6 Å². The van der Waals surface area contributed by atoms with Gasteiger partial charge in [-0.25, -0.2) is 0 Å². The maximum Gasteiger partial charge on any atom is 0.227 e. The van der Waals surface area contributed by atoms with Gasteiger partial charge in [-0.05, 0) is 13.3 Å². The van der Waals surface area contributed by atoms with Crippen molar-refractivity contribution in [1.29, 1.82) is 0 Å². The normalized spacial score (nSPS) is 12.2. The van der Waals surface area contributed by atoms with Gasteiger partial charge in [-0.2, -0.15) is 0 Å². The second-order valence-electron chi connectivity index (χ2n) is 3.48. The topological polar surface area (TPSA) is 66.4 Å². The third kappa shape index (κ3) is 7.73. The second kappa shape index (κ2) is 7.50. The van der Waals surface area contributed by atoms with Crippen LogP contribution in [0.15, 0.2) is 0 Å². The molecule has 4 heteroatoms. The van der Waals surface area contributed by atoms with Gasteiger partial charge in [0.15, 0.2) is 0 Å². The van der Waals surface area contributed by atoms with Gasteiger partial charge in [0.1, 0.15) is 5.78 Å². The maximum absolute atomic E-state index is 11.0. The Balaban J connectivity index is 3.50. The Morgan fingerprint density at radius 3 is 2.57 bits per heavy atom. The summed E-state index contributed by atoms with van der Waals surface area (Å²) in [5.74, 6) is -0.474. The third-order valence-electron chi connectivity index (χ3n) is 1.84. The van der Waals surface area contributed by atoms with Crippen molar-refractivity contribution in [2.75, 3.05) is 6.54 Å². The van der Waals surface area contributed by atoms with Crippen LogP contribution in [0.1, 0.15) is 39.5 Å². The molecule has 0 aliphatic carbocycles. The van der Waals surface area contributed by atoms with Crippen molar-refractivity contribution in [3.63, 3.8) is 0 Å². The van der Waals surface area contributed by atoms with Crippen LogP contribution < -0.4 is 5.32 Å². The van der Waals surface area contributed by atoms with Crippen LogP contribution in [-0.4, -0.2) is 29.4 Å². The van der Waals surface area contributed by atoms with Crippen LogP contribution in [0.2, 0.25) is 0 Å². The maximum atomic E-state index is 11.0. The number of ketones is 1. The molecule has 0 fully saturated rings. The number of unbranched alkanes of at least 4 members (excludes halogenated alkanes) is 1. The van der Waals surface area contributed by atoms with Gasteiger partial charge in [0.05, 0.1) is 12.5 Å². The fourth-order valence-electron chi connectivity index (χ4n) is 1.06. The molecule has 4 nitrogen and oxygen atoms in total. The summed E-state index contributed by atoms with van der Waals surface area (Å²) >= 11 is 0. The minimum absolute atomic E-state index is 0.0967. The number of rotatable bonds is 7. The zero-order chi connectivity index (χ0) is 11.0. The molecule has 1 atom stereocenters. The molecular weight excluding hydrogens is 182 g/mol. The summed E-state index contributed by atoms with van der Waals surface area (Å²) in [5, 5.41) is 11.9. The molecule has 0 saturated heterocycles. The molecule has 0 aliphatic heterocycles. The number of nitrogens with one attached hydrogen (secondary N) is 1. The van der Waals surface area contributed by atoms with E-state index >= 15 is 0 Å². The van der Waals surface area contributed by atoms with E-state index in [1.54, 1.807) is 0 Å². The number of Topliss-reactive ketones (excluding diaryl/α,β-unsaturated/α-hetero) is 1. The molecule has 0 aromatic carbocycles. The molecular formula is C10H19NO3. The number of carbonyl (C=O) groups excluding carboxylic acids is 2. The van der Waals surface area contributed by atoms with E-state index in [4.69, 9.17) is 0 Å². The lowest BCUT2D eigenvalue weighted by atomic mass is 10.1. The first-order valence-corrected chi connectivity index (χ1v) is 5.00. The average Bonchev–Trinajstić information content (AvgIpc) is 2.10. The number of hydrogen-bond donors (Lipinski definition) is 2. The van der Waals surface area contributed by atoms with E-state index in [-0.39, 0.29) is 24.7 Å². The van der Waals surface area contributed by atoms with Gasteiger partial charge in [-0.1, -0.05) is 19.8 Å². The highest BCUT2D eigenvalue weighted by Crippen LogP contribution is 1.98. The third-order valence-corrected chi connectivity index (χ3v) is 1.84. The van der Waals surface area contributed by atoms with Crippen molar-refractivity contribution < 1.29 is 14.7 Å².